The Morgan fingerprint density at radius 3 is 2.06 bits per heavy atom. The molecule has 1 amide bonds. The summed E-state index contributed by atoms with van der Waals surface area (Å²) in [5.41, 5.74) is 5.48. The number of rotatable bonds is 3. The van der Waals surface area contributed by atoms with Crippen LogP contribution in [0.4, 0.5) is 0 Å². The molecule has 0 saturated carbocycles. The van der Waals surface area contributed by atoms with Crippen molar-refractivity contribution in [3.8, 4) is 5.75 Å². The summed E-state index contributed by atoms with van der Waals surface area (Å²) in [6.45, 7) is 0. The van der Waals surface area contributed by atoms with Gasteiger partial charge in [-0.1, -0.05) is 0 Å². The van der Waals surface area contributed by atoms with Gasteiger partial charge in [0, 0.05) is 5.56 Å². The van der Waals surface area contributed by atoms with E-state index in [2.05, 4.69) is 9.97 Å². The summed E-state index contributed by atoms with van der Waals surface area (Å²) in [6.07, 6.45) is 2.34. The van der Waals surface area contributed by atoms with E-state index >= 15 is 0 Å². The first-order valence-electron chi connectivity index (χ1n) is 5.03. The van der Waals surface area contributed by atoms with Gasteiger partial charge < -0.3 is 10.8 Å². The normalized spacial score (nSPS) is 10.0. The maximum Gasteiger partial charge on any atom is 0.268 e. The predicted molar refractivity (Wildman–Crippen MR) is 62.1 cm³/mol. The van der Waals surface area contributed by atoms with Crippen LogP contribution in [-0.4, -0.2) is 26.8 Å². The third-order valence-corrected chi connectivity index (χ3v) is 2.27. The van der Waals surface area contributed by atoms with Gasteiger partial charge in [0.2, 0.25) is 5.78 Å². The molecule has 18 heavy (non-hydrogen) atoms. The van der Waals surface area contributed by atoms with Crippen LogP contribution in [0.3, 0.4) is 0 Å². The van der Waals surface area contributed by atoms with Crippen molar-refractivity contribution in [3.63, 3.8) is 0 Å². The van der Waals surface area contributed by atoms with E-state index in [0.717, 1.165) is 6.20 Å². The number of phenolic OH excluding ortho intramolecular Hbond substituents is 1. The molecule has 6 heteroatoms. The van der Waals surface area contributed by atoms with Gasteiger partial charge in [0.05, 0.1) is 12.4 Å². The molecule has 3 N–H and O–H groups in total. The maximum atomic E-state index is 11.9. The molecular weight excluding hydrogens is 234 g/mol. The first kappa shape index (κ1) is 11.7. The topological polar surface area (TPSA) is 106 Å². The monoisotopic (exact) mass is 243 g/mol. The molecular formula is C12H9N3O3. The van der Waals surface area contributed by atoms with Crippen LogP contribution in [0.1, 0.15) is 26.5 Å². The average Bonchev–Trinajstić information content (AvgIpc) is 2.39. The number of amides is 1. The molecule has 0 bridgehead atoms. The van der Waals surface area contributed by atoms with Crippen LogP contribution in [0.5, 0.6) is 5.75 Å². The summed E-state index contributed by atoms with van der Waals surface area (Å²) in [5, 5.41) is 9.12. The maximum absolute atomic E-state index is 11.9. The Bertz CT molecular complexity index is 591. The Hall–Kier alpha value is -2.76. The number of nitrogens with two attached hydrogens (primary N) is 1. The summed E-state index contributed by atoms with van der Waals surface area (Å²) in [6, 6.07) is 5.75. The Kier molecular flexibility index (Phi) is 3.01. The van der Waals surface area contributed by atoms with Crippen molar-refractivity contribution in [1.82, 2.24) is 9.97 Å². The number of aromatic hydroxyl groups is 1. The van der Waals surface area contributed by atoms with Gasteiger partial charge in [0.25, 0.3) is 5.91 Å². The number of nitrogens with zero attached hydrogens (tertiary/aromatic N) is 2. The van der Waals surface area contributed by atoms with Gasteiger partial charge in [0.15, 0.2) is 0 Å². The molecule has 0 saturated heterocycles. The van der Waals surface area contributed by atoms with Crippen molar-refractivity contribution in [3.05, 3.63) is 53.6 Å². The number of benzene rings is 1. The van der Waals surface area contributed by atoms with Crippen LogP contribution in [-0.2, 0) is 0 Å². The van der Waals surface area contributed by atoms with E-state index in [1.54, 1.807) is 0 Å². The molecule has 0 aliphatic carbocycles. The lowest BCUT2D eigenvalue weighted by Gasteiger charge is -2.01. The molecule has 0 atom stereocenters. The summed E-state index contributed by atoms with van der Waals surface area (Å²) in [4.78, 5) is 30.3. The summed E-state index contributed by atoms with van der Waals surface area (Å²) >= 11 is 0. The highest BCUT2D eigenvalue weighted by Gasteiger charge is 2.12. The molecule has 1 aromatic carbocycles. The molecule has 0 unspecified atom stereocenters. The number of hydrogen-bond donors (Lipinski definition) is 2. The number of phenols is 1. The van der Waals surface area contributed by atoms with Gasteiger partial charge in [-0.15, -0.1) is 0 Å². The number of carbonyl (C=O) groups excluding carboxylic acids is 2. The van der Waals surface area contributed by atoms with Crippen molar-refractivity contribution in [2.75, 3.05) is 0 Å². The first-order valence-corrected chi connectivity index (χ1v) is 5.03. The zero-order chi connectivity index (χ0) is 13.1. The average molecular weight is 243 g/mol. The van der Waals surface area contributed by atoms with E-state index in [0.29, 0.717) is 5.56 Å². The van der Waals surface area contributed by atoms with Crippen molar-refractivity contribution < 1.29 is 14.7 Å². The molecule has 1 aromatic heterocycles. The minimum atomic E-state index is -0.703. The second-order valence-electron chi connectivity index (χ2n) is 3.53. The molecule has 0 spiro atoms. The fourth-order valence-electron chi connectivity index (χ4n) is 1.33. The van der Waals surface area contributed by atoms with Gasteiger partial charge >= 0.3 is 0 Å². The molecule has 1 heterocycles. The van der Waals surface area contributed by atoms with Crippen molar-refractivity contribution in [1.29, 1.82) is 0 Å². The van der Waals surface area contributed by atoms with Crippen LogP contribution in [0.25, 0.3) is 0 Å². The highest BCUT2D eigenvalue weighted by molar-refractivity contribution is 6.07. The van der Waals surface area contributed by atoms with Crippen LogP contribution < -0.4 is 5.73 Å². The fourth-order valence-corrected chi connectivity index (χ4v) is 1.33. The third kappa shape index (κ3) is 2.32. The van der Waals surface area contributed by atoms with E-state index in [-0.39, 0.29) is 22.9 Å². The Morgan fingerprint density at radius 1 is 1.00 bits per heavy atom. The Morgan fingerprint density at radius 2 is 1.56 bits per heavy atom. The number of ketones is 1. The molecule has 90 valence electrons. The molecule has 0 aliphatic heterocycles. The number of hydrogen-bond acceptors (Lipinski definition) is 5. The minimum Gasteiger partial charge on any atom is -0.508 e. The van der Waals surface area contributed by atoms with E-state index in [4.69, 9.17) is 10.8 Å². The standard InChI is InChI=1S/C12H9N3O3/c13-12(18)10-6-14-9(5-15-10)11(17)7-1-3-8(16)4-2-7/h1-6,16H,(H2,13,18). The van der Waals surface area contributed by atoms with Crippen LogP contribution >= 0.6 is 0 Å². The molecule has 2 aromatic rings. The third-order valence-electron chi connectivity index (χ3n) is 2.27. The number of carbonyl (C=O) groups is 2. The Labute approximate surface area is 102 Å². The Balaban J connectivity index is 2.28. The van der Waals surface area contributed by atoms with E-state index < -0.39 is 5.91 Å². The lowest BCUT2D eigenvalue weighted by atomic mass is 10.1. The molecule has 0 radical (unpaired) electrons. The highest BCUT2D eigenvalue weighted by Crippen LogP contribution is 2.12. The van der Waals surface area contributed by atoms with Gasteiger partial charge in [-0.2, -0.15) is 0 Å². The lowest BCUT2D eigenvalue weighted by Crippen LogP contribution is -2.14. The quantitative estimate of drug-likeness (QED) is 0.764. The lowest BCUT2D eigenvalue weighted by molar-refractivity contribution is 0.0990. The zero-order valence-electron chi connectivity index (χ0n) is 9.20. The van der Waals surface area contributed by atoms with Crippen LogP contribution in [0, 0.1) is 0 Å². The summed E-state index contributed by atoms with van der Waals surface area (Å²) in [7, 11) is 0. The second kappa shape index (κ2) is 4.62. The number of aromatic nitrogens is 2. The minimum absolute atomic E-state index is 0.00254. The van der Waals surface area contributed by atoms with E-state index in [1.807, 2.05) is 0 Å². The van der Waals surface area contributed by atoms with E-state index in [9.17, 15) is 9.59 Å². The number of primary amides is 1. The second-order valence-corrected chi connectivity index (χ2v) is 3.53. The van der Waals surface area contributed by atoms with Crippen molar-refractivity contribution in [2.24, 2.45) is 5.73 Å². The van der Waals surface area contributed by atoms with Crippen LogP contribution in [0.2, 0.25) is 0 Å². The summed E-state index contributed by atoms with van der Waals surface area (Å²) < 4.78 is 0. The van der Waals surface area contributed by atoms with E-state index in [1.165, 1.54) is 30.5 Å². The molecule has 2 rings (SSSR count). The molecule has 6 nitrogen and oxygen atoms in total. The predicted octanol–water partition coefficient (Wildman–Crippen LogP) is 0.512. The van der Waals surface area contributed by atoms with Gasteiger partial charge in [-0.25, -0.2) is 9.97 Å². The van der Waals surface area contributed by atoms with Crippen molar-refractivity contribution in [2.45, 2.75) is 0 Å². The molecule has 0 aliphatic rings. The fraction of sp³-hybridized carbons (Fsp3) is 0. The van der Waals surface area contributed by atoms with Gasteiger partial charge in [-0.3, -0.25) is 9.59 Å². The molecule has 0 fully saturated rings. The smallest absolute Gasteiger partial charge is 0.268 e. The van der Waals surface area contributed by atoms with Gasteiger partial charge in [0.1, 0.15) is 17.1 Å². The van der Waals surface area contributed by atoms with Crippen molar-refractivity contribution >= 4 is 11.7 Å². The first-order chi connectivity index (χ1) is 8.58. The van der Waals surface area contributed by atoms with Gasteiger partial charge in [-0.05, 0) is 24.3 Å². The largest absolute Gasteiger partial charge is 0.508 e. The van der Waals surface area contributed by atoms with Crippen LogP contribution in [0.15, 0.2) is 36.7 Å². The zero-order valence-corrected chi connectivity index (χ0v) is 9.20. The SMILES string of the molecule is NC(=O)c1cnc(C(=O)c2ccc(O)cc2)cn1. The highest BCUT2D eigenvalue weighted by atomic mass is 16.3. The summed E-state index contributed by atoms with van der Waals surface area (Å²) in [5.74, 6) is -0.980.